The fraction of sp³-hybridized carbons (Fsp3) is 0.643. The summed E-state index contributed by atoms with van der Waals surface area (Å²) in [5.74, 6) is -1.27. The summed E-state index contributed by atoms with van der Waals surface area (Å²) in [6.07, 6.45) is 0.296. The standard InChI is InChI=1S/C14H21N3O3/c1-8-6-17(7-12(8)14(19)20)13(18)5-11-9(2)15-16(4)10(11)3/h8,12H,5-7H2,1-4H3,(H,19,20). The van der Waals surface area contributed by atoms with Crippen molar-refractivity contribution in [2.24, 2.45) is 18.9 Å². The highest BCUT2D eigenvalue weighted by molar-refractivity contribution is 5.81. The second-order valence-electron chi connectivity index (χ2n) is 5.67. The largest absolute Gasteiger partial charge is 0.481 e. The first kappa shape index (κ1) is 14.6. The van der Waals surface area contributed by atoms with Gasteiger partial charge in [-0.05, 0) is 19.8 Å². The van der Waals surface area contributed by atoms with Gasteiger partial charge in [0.15, 0.2) is 0 Å². The maximum Gasteiger partial charge on any atom is 0.308 e. The van der Waals surface area contributed by atoms with E-state index in [1.165, 1.54) is 0 Å². The summed E-state index contributed by atoms with van der Waals surface area (Å²) in [5.41, 5.74) is 2.79. The number of carboxylic acid groups (broad SMARTS) is 1. The maximum absolute atomic E-state index is 12.3. The van der Waals surface area contributed by atoms with Gasteiger partial charge in [0.25, 0.3) is 0 Å². The number of likely N-dealkylation sites (tertiary alicyclic amines) is 1. The van der Waals surface area contributed by atoms with E-state index < -0.39 is 11.9 Å². The fourth-order valence-electron chi connectivity index (χ4n) is 2.83. The third-order valence-electron chi connectivity index (χ3n) is 4.27. The second kappa shape index (κ2) is 5.26. The van der Waals surface area contributed by atoms with Crippen LogP contribution in [-0.2, 0) is 23.1 Å². The summed E-state index contributed by atoms with van der Waals surface area (Å²) in [4.78, 5) is 25.1. The predicted octanol–water partition coefficient (Wildman–Crippen LogP) is 0.759. The lowest BCUT2D eigenvalue weighted by atomic mass is 9.99. The van der Waals surface area contributed by atoms with Crippen molar-refractivity contribution >= 4 is 11.9 Å². The van der Waals surface area contributed by atoms with E-state index >= 15 is 0 Å². The predicted molar refractivity (Wildman–Crippen MR) is 73.3 cm³/mol. The van der Waals surface area contributed by atoms with Crippen molar-refractivity contribution < 1.29 is 14.7 Å². The molecule has 0 aromatic carbocycles. The van der Waals surface area contributed by atoms with E-state index in [4.69, 9.17) is 5.11 Å². The Morgan fingerprint density at radius 2 is 2.00 bits per heavy atom. The Balaban J connectivity index is 2.08. The zero-order valence-electron chi connectivity index (χ0n) is 12.4. The van der Waals surface area contributed by atoms with Crippen molar-refractivity contribution in [1.82, 2.24) is 14.7 Å². The molecule has 1 aliphatic heterocycles. The highest BCUT2D eigenvalue weighted by Crippen LogP contribution is 2.24. The Morgan fingerprint density at radius 1 is 1.35 bits per heavy atom. The lowest BCUT2D eigenvalue weighted by Gasteiger charge is -2.16. The van der Waals surface area contributed by atoms with Crippen LogP contribution in [0.2, 0.25) is 0 Å². The molecule has 2 heterocycles. The van der Waals surface area contributed by atoms with Gasteiger partial charge in [-0.3, -0.25) is 14.3 Å². The molecule has 2 rings (SSSR count). The molecule has 0 radical (unpaired) electrons. The molecule has 110 valence electrons. The molecule has 2 unspecified atom stereocenters. The topological polar surface area (TPSA) is 75.4 Å². The van der Waals surface area contributed by atoms with Crippen molar-refractivity contribution in [1.29, 1.82) is 0 Å². The van der Waals surface area contributed by atoms with E-state index in [9.17, 15) is 9.59 Å². The molecule has 1 fully saturated rings. The summed E-state index contributed by atoms with van der Waals surface area (Å²) in [6.45, 7) is 6.55. The van der Waals surface area contributed by atoms with Crippen LogP contribution < -0.4 is 0 Å². The van der Waals surface area contributed by atoms with Crippen molar-refractivity contribution in [2.75, 3.05) is 13.1 Å². The molecule has 0 bridgehead atoms. The number of aliphatic carboxylic acids is 1. The molecule has 1 N–H and O–H groups in total. The second-order valence-corrected chi connectivity index (χ2v) is 5.67. The Labute approximate surface area is 118 Å². The number of carbonyl (C=O) groups is 2. The maximum atomic E-state index is 12.3. The minimum Gasteiger partial charge on any atom is -0.481 e. The van der Waals surface area contributed by atoms with E-state index in [-0.39, 0.29) is 11.8 Å². The van der Waals surface area contributed by atoms with Gasteiger partial charge in [0.2, 0.25) is 5.91 Å². The first-order valence-electron chi connectivity index (χ1n) is 6.81. The Bertz CT molecular complexity index is 550. The van der Waals surface area contributed by atoms with Gasteiger partial charge in [0, 0.05) is 31.4 Å². The number of amides is 1. The minimum absolute atomic E-state index is 0.00698. The van der Waals surface area contributed by atoms with Crippen LogP contribution in [0.4, 0.5) is 0 Å². The average Bonchev–Trinajstić information content (AvgIpc) is 2.85. The fourth-order valence-corrected chi connectivity index (χ4v) is 2.83. The zero-order valence-corrected chi connectivity index (χ0v) is 12.4. The first-order valence-corrected chi connectivity index (χ1v) is 6.81. The van der Waals surface area contributed by atoms with Crippen molar-refractivity contribution in [3.63, 3.8) is 0 Å². The third-order valence-corrected chi connectivity index (χ3v) is 4.27. The molecule has 6 nitrogen and oxygen atoms in total. The molecule has 0 saturated carbocycles. The van der Waals surface area contributed by atoms with E-state index in [0.717, 1.165) is 17.0 Å². The number of rotatable bonds is 3. The third kappa shape index (κ3) is 2.55. The summed E-state index contributed by atoms with van der Waals surface area (Å²) in [5, 5.41) is 13.4. The Kier molecular flexibility index (Phi) is 3.83. The van der Waals surface area contributed by atoms with Gasteiger partial charge in [0.1, 0.15) is 0 Å². The summed E-state index contributed by atoms with van der Waals surface area (Å²) < 4.78 is 1.77. The van der Waals surface area contributed by atoms with Gasteiger partial charge in [-0.1, -0.05) is 6.92 Å². The highest BCUT2D eigenvalue weighted by Gasteiger charge is 2.37. The van der Waals surface area contributed by atoms with Gasteiger partial charge >= 0.3 is 5.97 Å². The summed E-state index contributed by atoms with van der Waals surface area (Å²) in [6, 6.07) is 0. The highest BCUT2D eigenvalue weighted by atomic mass is 16.4. The molecule has 1 aromatic heterocycles. The molecule has 1 aliphatic rings. The summed E-state index contributed by atoms with van der Waals surface area (Å²) in [7, 11) is 1.86. The molecule has 1 saturated heterocycles. The van der Waals surface area contributed by atoms with Crippen LogP contribution in [0.3, 0.4) is 0 Å². The normalized spacial score (nSPS) is 22.3. The molecular weight excluding hydrogens is 258 g/mol. The van der Waals surface area contributed by atoms with E-state index in [1.54, 1.807) is 9.58 Å². The number of aryl methyl sites for hydroxylation is 2. The van der Waals surface area contributed by atoms with E-state index in [0.29, 0.717) is 19.5 Å². The number of hydrogen-bond donors (Lipinski definition) is 1. The summed E-state index contributed by atoms with van der Waals surface area (Å²) >= 11 is 0. The van der Waals surface area contributed by atoms with Crippen LogP contribution in [-0.4, -0.2) is 44.8 Å². The van der Waals surface area contributed by atoms with Crippen LogP contribution in [0, 0.1) is 25.7 Å². The number of hydrogen-bond acceptors (Lipinski definition) is 3. The molecule has 0 spiro atoms. The average molecular weight is 279 g/mol. The number of carboxylic acids is 1. The molecule has 1 aromatic rings. The SMILES string of the molecule is Cc1nn(C)c(C)c1CC(=O)N1CC(C)C(C(=O)O)C1. The van der Waals surface area contributed by atoms with Gasteiger partial charge in [-0.2, -0.15) is 5.10 Å². The molecule has 20 heavy (non-hydrogen) atoms. The molecular formula is C14H21N3O3. The van der Waals surface area contributed by atoms with Crippen molar-refractivity contribution in [3.8, 4) is 0 Å². The van der Waals surface area contributed by atoms with Crippen molar-refractivity contribution in [2.45, 2.75) is 27.2 Å². The molecule has 6 heteroatoms. The van der Waals surface area contributed by atoms with Crippen LogP contribution >= 0.6 is 0 Å². The molecule has 1 amide bonds. The number of carbonyl (C=O) groups excluding carboxylic acids is 1. The van der Waals surface area contributed by atoms with Gasteiger partial charge in [0.05, 0.1) is 18.0 Å². The zero-order chi connectivity index (χ0) is 15.0. The van der Waals surface area contributed by atoms with Gasteiger partial charge in [-0.25, -0.2) is 0 Å². The smallest absolute Gasteiger partial charge is 0.308 e. The van der Waals surface area contributed by atoms with Crippen LogP contribution in [0.15, 0.2) is 0 Å². The molecule has 2 atom stereocenters. The number of aromatic nitrogens is 2. The van der Waals surface area contributed by atoms with Crippen LogP contribution in [0.1, 0.15) is 23.9 Å². The van der Waals surface area contributed by atoms with E-state index in [2.05, 4.69) is 5.10 Å². The number of nitrogens with zero attached hydrogens (tertiary/aromatic N) is 3. The van der Waals surface area contributed by atoms with E-state index in [1.807, 2.05) is 27.8 Å². The Morgan fingerprint density at radius 3 is 2.45 bits per heavy atom. The quantitative estimate of drug-likeness (QED) is 0.886. The minimum atomic E-state index is -0.818. The first-order chi connectivity index (χ1) is 9.31. The van der Waals surface area contributed by atoms with Gasteiger partial charge in [-0.15, -0.1) is 0 Å². The monoisotopic (exact) mass is 279 g/mol. The lowest BCUT2D eigenvalue weighted by Crippen LogP contribution is -2.31. The van der Waals surface area contributed by atoms with Crippen LogP contribution in [0.25, 0.3) is 0 Å². The van der Waals surface area contributed by atoms with Gasteiger partial charge < -0.3 is 10.0 Å². The Hall–Kier alpha value is -1.85. The lowest BCUT2D eigenvalue weighted by molar-refractivity contribution is -0.142. The molecule has 0 aliphatic carbocycles. The van der Waals surface area contributed by atoms with Crippen LogP contribution in [0.5, 0.6) is 0 Å². The van der Waals surface area contributed by atoms with Crippen molar-refractivity contribution in [3.05, 3.63) is 17.0 Å².